The van der Waals surface area contributed by atoms with Crippen molar-refractivity contribution in [2.45, 2.75) is 22.6 Å². The smallest absolute Gasteiger partial charge is 0.244 e. The van der Waals surface area contributed by atoms with Crippen molar-refractivity contribution in [2.75, 3.05) is 25.5 Å². The third kappa shape index (κ3) is 2.52. The largest absolute Gasteiger partial charge is 0.380 e. The molecule has 0 spiro atoms. The van der Waals surface area contributed by atoms with Gasteiger partial charge in [0.25, 0.3) is 0 Å². The molecule has 0 radical (unpaired) electrons. The highest BCUT2D eigenvalue weighted by Gasteiger charge is 2.40. The van der Waals surface area contributed by atoms with Crippen LogP contribution in [0.3, 0.4) is 0 Å². The lowest BCUT2D eigenvalue weighted by Crippen LogP contribution is -2.54. The van der Waals surface area contributed by atoms with Gasteiger partial charge in [0.15, 0.2) is 0 Å². The van der Waals surface area contributed by atoms with Crippen LogP contribution in [-0.4, -0.2) is 54.5 Å². The fourth-order valence-corrected chi connectivity index (χ4v) is 5.73. The normalized spacial score (nSPS) is 28.8. The summed E-state index contributed by atoms with van der Waals surface area (Å²) in [7, 11) is -3.43. The second-order valence-electron chi connectivity index (χ2n) is 4.64. The van der Waals surface area contributed by atoms with Crippen LogP contribution < -0.4 is 0 Å². The Labute approximate surface area is 117 Å². The highest BCUT2D eigenvalue weighted by molar-refractivity contribution is 8.00. The maximum atomic E-state index is 12.7. The van der Waals surface area contributed by atoms with Crippen molar-refractivity contribution in [2.24, 2.45) is 0 Å². The molecule has 2 saturated heterocycles. The van der Waals surface area contributed by atoms with E-state index in [1.807, 2.05) is 11.8 Å². The monoisotopic (exact) mass is 300 g/mol. The molecule has 1 aromatic rings. The van der Waals surface area contributed by atoms with E-state index < -0.39 is 10.0 Å². The average Bonchev–Trinajstić information content (AvgIpc) is 2.47. The number of thioether (sulfide) groups is 1. The molecular formula is C12H16N2O3S2. The van der Waals surface area contributed by atoms with E-state index in [0.29, 0.717) is 19.8 Å². The van der Waals surface area contributed by atoms with Gasteiger partial charge in [-0.25, -0.2) is 8.42 Å². The summed E-state index contributed by atoms with van der Waals surface area (Å²) in [5.74, 6) is 0.823. The molecule has 104 valence electrons. The molecule has 2 fully saturated rings. The zero-order valence-electron chi connectivity index (χ0n) is 10.4. The van der Waals surface area contributed by atoms with Crippen molar-refractivity contribution >= 4 is 21.8 Å². The van der Waals surface area contributed by atoms with Crippen molar-refractivity contribution in [3.63, 3.8) is 0 Å². The van der Waals surface area contributed by atoms with E-state index in [-0.39, 0.29) is 16.2 Å². The molecule has 0 amide bonds. The van der Waals surface area contributed by atoms with Crippen molar-refractivity contribution in [1.29, 1.82) is 0 Å². The summed E-state index contributed by atoms with van der Waals surface area (Å²) < 4.78 is 32.5. The molecule has 7 heteroatoms. The van der Waals surface area contributed by atoms with Crippen molar-refractivity contribution in [3.8, 4) is 0 Å². The first kappa shape index (κ1) is 13.4. The summed E-state index contributed by atoms with van der Waals surface area (Å²) in [4.78, 5) is 4.20. The molecule has 3 rings (SSSR count). The summed E-state index contributed by atoms with van der Waals surface area (Å²) in [6, 6.07) is 3.32. The van der Waals surface area contributed by atoms with E-state index in [1.54, 1.807) is 22.6 Å². The van der Waals surface area contributed by atoms with Gasteiger partial charge in [-0.2, -0.15) is 16.1 Å². The van der Waals surface area contributed by atoms with Crippen molar-refractivity contribution in [3.05, 3.63) is 24.5 Å². The van der Waals surface area contributed by atoms with E-state index in [4.69, 9.17) is 4.74 Å². The lowest BCUT2D eigenvalue weighted by molar-refractivity contribution is 0.0625. The van der Waals surface area contributed by atoms with Crippen LogP contribution in [0.1, 0.15) is 6.42 Å². The minimum Gasteiger partial charge on any atom is -0.380 e. The molecule has 2 aliphatic heterocycles. The quantitative estimate of drug-likeness (QED) is 0.815. The van der Waals surface area contributed by atoms with E-state index in [9.17, 15) is 8.42 Å². The Morgan fingerprint density at radius 1 is 1.47 bits per heavy atom. The van der Waals surface area contributed by atoms with Crippen LogP contribution in [0, 0.1) is 0 Å². The van der Waals surface area contributed by atoms with Gasteiger partial charge in [-0.15, -0.1) is 0 Å². The van der Waals surface area contributed by atoms with E-state index in [2.05, 4.69) is 4.98 Å². The molecule has 0 aromatic carbocycles. The van der Waals surface area contributed by atoms with Gasteiger partial charge >= 0.3 is 0 Å². The average molecular weight is 300 g/mol. The fourth-order valence-electron chi connectivity index (χ4n) is 2.58. The number of hydrogen-bond donors (Lipinski definition) is 0. The maximum Gasteiger partial charge on any atom is 0.244 e. The topological polar surface area (TPSA) is 59.5 Å². The minimum atomic E-state index is -3.43. The van der Waals surface area contributed by atoms with Gasteiger partial charge in [0.2, 0.25) is 10.0 Å². The number of rotatable bonds is 2. The standard InChI is InChI=1S/C12H16N2O3S2/c15-19(16,10-2-1-4-13-8-10)14-5-7-18-12-9-17-6-3-11(12)14/h1-2,4,8,11-12H,3,5-7,9H2/t11-,12-/m1/s1. The first-order valence-corrected chi connectivity index (χ1v) is 8.80. The second-order valence-corrected chi connectivity index (χ2v) is 7.88. The maximum absolute atomic E-state index is 12.7. The summed E-state index contributed by atoms with van der Waals surface area (Å²) in [6.45, 7) is 1.86. The van der Waals surface area contributed by atoms with Crippen LogP contribution in [0.15, 0.2) is 29.4 Å². The summed E-state index contributed by atoms with van der Waals surface area (Å²) >= 11 is 1.82. The summed E-state index contributed by atoms with van der Waals surface area (Å²) in [5, 5.41) is 0.258. The Hall–Kier alpha value is -0.630. The predicted octanol–water partition coefficient (Wildman–Crippen LogP) is 0.977. The van der Waals surface area contributed by atoms with Gasteiger partial charge in [-0.05, 0) is 18.6 Å². The molecule has 0 bridgehead atoms. The molecule has 0 N–H and O–H groups in total. The van der Waals surface area contributed by atoms with Gasteiger partial charge in [0.1, 0.15) is 4.90 Å². The van der Waals surface area contributed by atoms with Crippen LogP contribution >= 0.6 is 11.8 Å². The fraction of sp³-hybridized carbons (Fsp3) is 0.583. The molecule has 5 nitrogen and oxygen atoms in total. The molecule has 3 heterocycles. The van der Waals surface area contributed by atoms with Crippen LogP contribution in [-0.2, 0) is 14.8 Å². The molecule has 19 heavy (non-hydrogen) atoms. The number of aromatic nitrogens is 1. The molecule has 2 aliphatic rings. The number of nitrogens with zero attached hydrogens (tertiary/aromatic N) is 2. The van der Waals surface area contributed by atoms with Gasteiger partial charge in [0, 0.05) is 42.6 Å². The lowest BCUT2D eigenvalue weighted by Gasteiger charge is -2.42. The van der Waals surface area contributed by atoms with Crippen LogP contribution in [0.2, 0.25) is 0 Å². The SMILES string of the molecule is O=S(=O)(c1cccnc1)N1CCS[C@@H]2COCC[C@H]21. The van der Waals surface area contributed by atoms with E-state index >= 15 is 0 Å². The number of pyridine rings is 1. The second kappa shape index (κ2) is 5.40. The van der Waals surface area contributed by atoms with E-state index in [0.717, 1.165) is 12.2 Å². The number of ether oxygens (including phenoxy) is 1. The zero-order valence-corrected chi connectivity index (χ0v) is 12.1. The van der Waals surface area contributed by atoms with Gasteiger partial charge in [-0.3, -0.25) is 4.98 Å². The number of fused-ring (bicyclic) bond motifs is 1. The summed E-state index contributed by atoms with van der Waals surface area (Å²) in [5.41, 5.74) is 0. The highest BCUT2D eigenvalue weighted by atomic mass is 32.2. The predicted molar refractivity (Wildman–Crippen MR) is 73.6 cm³/mol. The third-order valence-corrected chi connectivity index (χ3v) is 6.73. The Bertz CT molecular complexity index is 533. The van der Waals surface area contributed by atoms with Gasteiger partial charge in [0.05, 0.1) is 6.61 Å². The first-order valence-electron chi connectivity index (χ1n) is 6.31. The molecule has 0 saturated carbocycles. The summed E-state index contributed by atoms with van der Waals surface area (Å²) in [6.07, 6.45) is 3.78. The highest BCUT2D eigenvalue weighted by Crippen LogP contribution is 2.33. The van der Waals surface area contributed by atoms with Gasteiger partial charge < -0.3 is 4.74 Å². The third-order valence-electron chi connectivity index (χ3n) is 3.52. The van der Waals surface area contributed by atoms with Gasteiger partial charge in [-0.1, -0.05) is 0 Å². The first-order chi connectivity index (χ1) is 9.19. The molecule has 0 unspecified atom stereocenters. The molecule has 1 aromatic heterocycles. The Kier molecular flexibility index (Phi) is 3.79. The lowest BCUT2D eigenvalue weighted by atomic mass is 10.1. The Morgan fingerprint density at radius 3 is 3.16 bits per heavy atom. The molecular weight excluding hydrogens is 284 g/mol. The van der Waals surface area contributed by atoms with Crippen LogP contribution in [0.25, 0.3) is 0 Å². The van der Waals surface area contributed by atoms with E-state index in [1.165, 1.54) is 6.20 Å². The number of sulfonamides is 1. The number of hydrogen-bond acceptors (Lipinski definition) is 5. The van der Waals surface area contributed by atoms with Crippen molar-refractivity contribution in [1.82, 2.24) is 9.29 Å². The Balaban J connectivity index is 1.91. The minimum absolute atomic E-state index is 0.0534. The van der Waals surface area contributed by atoms with Crippen molar-refractivity contribution < 1.29 is 13.2 Å². The van der Waals surface area contributed by atoms with Crippen LogP contribution in [0.5, 0.6) is 0 Å². The molecule has 0 aliphatic carbocycles. The molecule has 2 atom stereocenters. The zero-order chi connectivity index (χ0) is 13.3. The van der Waals surface area contributed by atoms with Crippen LogP contribution in [0.4, 0.5) is 0 Å². The Morgan fingerprint density at radius 2 is 2.37 bits per heavy atom.